The average molecular weight is 156 g/mol. The molecule has 11 heavy (non-hydrogen) atoms. The van der Waals surface area contributed by atoms with Gasteiger partial charge in [0.15, 0.2) is 0 Å². The van der Waals surface area contributed by atoms with Gasteiger partial charge in [0.2, 0.25) is 0 Å². The van der Waals surface area contributed by atoms with Crippen LogP contribution in [0, 0.1) is 13.8 Å². The van der Waals surface area contributed by atoms with Crippen LogP contribution in [0.4, 0.5) is 0 Å². The van der Waals surface area contributed by atoms with E-state index >= 15 is 0 Å². The lowest BCUT2D eigenvalue weighted by molar-refractivity contribution is 0.184. The number of aryl methyl sites for hydroxylation is 2. The van der Waals surface area contributed by atoms with E-state index in [1.807, 2.05) is 0 Å². The second-order valence-electron chi connectivity index (χ2n) is 2.49. The Labute approximate surface area is 65.0 Å². The molecule has 3 N–H and O–H groups in total. The summed E-state index contributed by atoms with van der Waals surface area (Å²) in [5, 5.41) is 13.0. The molecule has 1 aromatic heterocycles. The van der Waals surface area contributed by atoms with Crippen molar-refractivity contribution in [2.75, 3.05) is 6.54 Å². The van der Waals surface area contributed by atoms with Crippen molar-refractivity contribution in [3.8, 4) is 0 Å². The summed E-state index contributed by atoms with van der Waals surface area (Å²) in [6, 6.07) is 0. The Bertz CT molecular complexity index is 225. The summed E-state index contributed by atoms with van der Waals surface area (Å²) in [6.45, 7) is 3.74. The number of hydrogen-bond acceptors (Lipinski definition) is 4. The molecule has 0 amide bonds. The maximum absolute atomic E-state index is 9.35. The van der Waals surface area contributed by atoms with E-state index in [2.05, 4.69) is 5.16 Å². The van der Waals surface area contributed by atoms with Crippen LogP contribution in [0.3, 0.4) is 0 Å². The average Bonchev–Trinajstić information content (AvgIpc) is 2.30. The summed E-state index contributed by atoms with van der Waals surface area (Å²) in [5.74, 6) is 0.639. The van der Waals surface area contributed by atoms with Crippen molar-refractivity contribution in [3.63, 3.8) is 0 Å². The van der Waals surface area contributed by atoms with Crippen LogP contribution in [0.1, 0.15) is 23.1 Å². The van der Waals surface area contributed by atoms with Gasteiger partial charge in [0.1, 0.15) is 5.76 Å². The summed E-state index contributed by atoms with van der Waals surface area (Å²) >= 11 is 0. The molecule has 0 saturated carbocycles. The molecule has 0 bridgehead atoms. The van der Waals surface area contributed by atoms with Crippen LogP contribution in [0.5, 0.6) is 0 Å². The van der Waals surface area contributed by atoms with E-state index in [-0.39, 0.29) is 6.54 Å². The summed E-state index contributed by atoms with van der Waals surface area (Å²) in [7, 11) is 0. The smallest absolute Gasteiger partial charge is 0.139 e. The third kappa shape index (κ3) is 1.41. The molecule has 0 aliphatic heterocycles. The highest BCUT2D eigenvalue weighted by molar-refractivity contribution is 5.23. The Morgan fingerprint density at radius 2 is 2.27 bits per heavy atom. The largest absolute Gasteiger partial charge is 0.387 e. The first-order valence-corrected chi connectivity index (χ1v) is 3.47. The third-order valence-electron chi connectivity index (χ3n) is 1.65. The van der Waals surface area contributed by atoms with E-state index in [1.165, 1.54) is 0 Å². The molecule has 0 unspecified atom stereocenters. The molecule has 1 aromatic rings. The molecule has 0 spiro atoms. The Hall–Kier alpha value is -0.870. The molecular weight excluding hydrogens is 144 g/mol. The quantitative estimate of drug-likeness (QED) is 0.645. The molecule has 0 aliphatic carbocycles. The van der Waals surface area contributed by atoms with Crippen LogP contribution in [-0.4, -0.2) is 16.8 Å². The maximum atomic E-state index is 9.35. The predicted molar refractivity (Wildman–Crippen MR) is 40.0 cm³/mol. The SMILES string of the molecule is Cc1noc(C)c1[C@@H](O)CN. The molecule has 0 radical (unpaired) electrons. The highest BCUT2D eigenvalue weighted by Gasteiger charge is 2.15. The summed E-state index contributed by atoms with van der Waals surface area (Å²) in [4.78, 5) is 0. The minimum atomic E-state index is -0.652. The van der Waals surface area contributed by atoms with E-state index in [1.54, 1.807) is 13.8 Å². The van der Waals surface area contributed by atoms with Crippen LogP contribution >= 0.6 is 0 Å². The number of nitrogens with zero attached hydrogens (tertiary/aromatic N) is 1. The molecule has 0 aromatic carbocycles. The van der Waals surface area contributed by atoms with E-state index in [0.717, 1.165) is 0 Å². The van der Waals surface area contributed by atoms with Crippen LogP contribution in [0.15, 0.2) is 4.52 Å². The van der Waals surface area contributed by atoms with Gasteiger partial charge in [-0.05, 0) is 13.8 Å². The van der Waals surface area contributed by atoms with Crippen molar-refractivity contribution >= 4 is 0 Å². The van der Waals surface area contributed by atoms with Gasteiger partial charge in [-0.3, -0.25) is 0 Å². The van der Waals surface area contributed by atoms with Gasteiger partial charge in [-0.25, -0.2) is 0 Å². The lowest BCUT2D eigenvalue weighted by atomic mass is 10.1. The number of hydrogen-bond donors (Lipinski definition) is 2. The summed E-state index contributed by atoms with van der Waals surface area (Å²) < 4.78 is 4.85. The maximum Gasteiger partial charge on any atom is 0.139 e. The van der Waals surface area contributed by atoms with Gasteiger partial charge in [-0.15, -0.1) is 0 Å². The van der Waals surface area contributed by atoms with Crippen LogP contribution in [0.2, 0.25) is 0 Å². The molecule has 0 aliphatic rings. The molecule has 4 nitrogen and oxygen atoms in total. The minimum Gasteiger partial charge on any atom is -0.387 e. The van der Waals surface area contributed by atoms with Gasteiger partial charge in [0.05, 0.1) is 11.8 Å². The molecular formula is C7H12N2O2. The third-order valence-corrected chi connectivity index (χ3v) is 1.65. The summed E-state index contributed by atoms with van der Waals surface area (Å²) in [6.07, 6.45) is -0.652. The Morgan fingerprint density at radius 3 is 2.64 bits per heavy atom. The molecule has 1 rings (SSSR count). The van der Waals surface area contributed by atoms with E-state index in [4.69, 9.17) is 10.3 Å². The second-order valence-corrected chi connectivity index (χ2v) is 2.49. The Kier molecular flexibility index (Phi) is 2.26. The van der Waals surface area contributed by atoms with Crippen molar-refractivity contribution in [1.29, 1.82) is 0 Å². The molecule has 62 valence electrons. The number of rotatable bonds is 2. The monoisotopic (exact) mass is 156 g/mol. The number of nitrogens with two attached hydrogens (primary N) is 1. The van der Waals surface area contributed by atoms with Crippen LogP contribution in [-0.2, 0) is 0 Å². The lowest BCUT2D eigenvalue weighted by Crippen LogP contribution is -2.12. The molecule has 4 heteroatoms. The van der Waals surface area contributed by atoms with Crippen LogP contribution < -0.4 is 5.73 Å². The normalized spacial score (nSPS) is 13.5. The number of aliphatic hydroxyl groups excluding tert-OH is 1. The zero-order valence-corrected chi connectivity index (χ0v) is 6.66. The van der Waals surface area contributed by atoms with Gasteiger partial charge >= 0.3 is 0 Å². The van der Waals surface area contributed by atoms with Crippen LogP contribution in [0.25, 0.3) is 0 Å². The topological polar surface area (TPSA) is 72.3 Å². The minimum absolute atomic E-state index is 0.197. The van der Waals surface area contributed by atoms with Crippen molar-refractivity contribution < 1.29 is 9.63 Å². The van der Waals surface area contributed by atoms with Gasteiger partial charge in [0.25, 0.3) is 0 Å². The first-order valence-electron chi connectivity index (χ1n) is 3.47. The van der Waals surface area contributed by atoms with Gasteiger partial charge in [0, 0.05) is 12.1 Å². The summed E-state index contributed by atoms with van der Waals surface area (Å²) in [5.41, 5.74) is 6.71. The standard InChI is InChI=1S/C7H12N2O2/c1-4-7(6(10)3-8)5(2)11-9-4/h6,10H,3,8H2,1-2H3/t6-/m0/s1. The second kappa shape index (κ2) is 3.02. The van der Waals surface area contributed by atoms with E-state index < -0.39 is 6.10 Å². The highest BCUT2D eigenvalue weighted by atomic mass is 16.5. The molecule has 1 atom stereocenters. The fraction of sp³-hybridized carbons (Fsp3) is 0.571. The number of aromatic nitrogens is 1. The molecule has 0 saturated heterocycles. The van der Waals surface area contributed by atoms with Crippen molar-refractivity contribution in [2.24, 2.45) is 5.73 Å². The highest BCUT2D eigenvalue weighted by Crippen LogP contribution is 2.19. The van der Waals surface area contributed by atoms with Gasteiger partial charge < -0.3 is 15.4 Å². The Balaban J connectivity index is 3.00. The number of aliphatic hydroxyl groups is 1. The van der Waals surface area contributed by atoms with Gasteiger partial charge in [-0.2, -0.15) is 0 Å². The van der Waals surface area contributed by atoms with Gasteiger partial charge in [-0.1, -0.05) is 5.16 Å². The fourth-order valence-corrected chi connectivity index (χ4v) is 1.08. The fourth-order valence-electron chi connectivity index (χ4n) is 1.08. The van der Waals surface area contributed by atoms with Crippen molar-refractivity contribution in [2.45, 2.75) is 20.0 Å². The first-order chi connectivity index (χ1) is 5.16. The Morgan fingerprint density at radius 1 is 1.64 bits per heavy atom. The lowest BCUT2D eigenvalue weighted by Gasteiger charge is -2.05. The van der Waals surface area contributed by atoms with E-state index in [0.29, 0.717) is 17.0 Å². The van der Waals surface area contributed by atoms with E-state index in [9.17, 15) is 5.11 Å². The molecule has 0 fully saturated rings. The first kappa shape index (κ1) is 8.23. The zero-order chi connectivity index (χ0) is 8.43. The predicted octanol–water partition coefficient (Wildman–Crippen LogP) is 0.284. The molecule has 1 heterocycles. The van der Waals surface area contributed by atoms with Crippen molar-refractivity contribution in [3.05, 3.63) is 17.0 Å². The van der Waals surface area contributed by atoms with Crippen molar-refractivity contribution in [1.82, 2.24) is 5.16 Å². The zero-order valence-electron chi connectivity index (χ0n) is 6.66.